The standard InChI is InChI=1S/C21H37N5O/c1-6-7-8-11-24-20-19(17(3)25-21(22)26-20)14-16(2)13-18(15-23-4)10-9-12-27-5/h9-10,13,16,23H,6-8,11-12,14-15H2,1-5H3,(H3,22,24,25,26)/b10-9-,18-13+. The molecule has 1 aromatic heterocycles. The molecule has 0 saturated carbocycles. The third-order valence-corrected chi connectivity index (χ3v) is 4.30. The van der Waals surface area contributed by atoms with Crippen LogP contribution in [0.5, 0.6) is 0 Å². The normalized spacial score (nSPS) is 13.3. The minimum atomic E-state index is 0.329. The van der Waals surface area contributed by atoms with Gasteiger partial charge in [0.05, 0.1) is 6.61 Å². The maximum atomic E-state index is 5.87. The number of nitrogen functional groups attached to an aromatic ring is 1. The van der Waals surface area contributed by atoms with Gasteiger partial charge in [0.1, 0.15) is 5.82 Å². The zero-order chi connectivity index (χ0) is 20.1. The van der Waals surface area contributed by atoms with Crippen LogP contribution in [0.1, 0.15) is 44.4 Å². The van der Waals surface area contributed by atoms with Gasteiger partial charge in [-0.25, -0.2) is 4.98 Å². The van der Waals surface area contributed by atoms with Crippen LogP contribution in [-0.4, -0.2) is 43.8 Å². The molecule has 0 aliphatic rings. The number of allylic oxidation sites excluding steroid dienone is 1. The van der Waals surface area contributed by atoms with E-state index < -0.39 is 0 Å². The maximum absolute atomic E-state index is 5.87. The lowest BCUT2D eigenvalue weighted by molar-refractivity contribution is 0.234. The summed E-state index contributed by atoms with van der Waals surface area (Å²) in [5.74, 6) is 1.56. The van der Waals surface area contributed by atoms with Crippen molar-refractivity contribution in [3.63, 3.8) is 0 Å². The number of methoxy groups -OCH3 is 1. The number of likely N-dealkylation sites (N-methyl/N-ethyl adjacent to an activating group) is 1. The van der Waals surface area contributed by atoms with Gasteiger partial charge in [-0.15, -0.1) is 0 Å². The first-order valence-electron chi connectivity index (χ1n) is 9.89. The van der Waals surface area contributed by atoms with Crippen LogP contribution in [0, 0.1) is 12.8 Å². The van der Waals surface area contributed by atoms with Crippen LogP contribution in [-0.2, 0) is 11.2 Å². The number of nitrogens with zero attached hydrogens (tertiary/aromatic N) is 2. The fourth-order valence-corrected chi connectivity index (χ4v) is 3.01. The smallest absolute Gasteiger partial charge is 0.222 e. The second-order valence-electron chi connectivity index (χ2n) is 6.94. The molecular formula is C21H37N5O. The highest BCUT2D eigenvalue weighted by Gasteiger charge is 2.13. The number of rotatable bonds is 13. The van der Waals surface area contributed by atoms with Crippen LogP contribution in [0.3, 0.4) is 0 Å². The first-order chi connectivity index (χ1) is 13.0. The summed E-state index contributed by atoms with van der Waals surface area (Å²) in [6, 6.07) is 0. The van der Waals surface area contributed by atoms with Gasteiger partial charge in [-0.3, -0.25) is 0 Å². The Kier molecular flexibility index (Phi) is 11.4. The van der Waals surface area contributed by atoms with Crippen molar-refractivity contribution in [2.45, 2.75) is 46.5 Å². The molecule has 0 aromatic carbocycles. The average Bonchev–Trinajstić information content (AvgIpc) is 2.61. The van der Waals surface area contributed by atoms with Gasteiger partial charge in [0, 0.05) is 31.5 Å². The Morgan fingerprint density at radius 2 is 2.07 bits per heavy atom. The highest BCUT2D eigenvalue weighted by Crippen LogP contribution is 2.22. The Labute approximate surface area is 164 Å². The summed E-state index contributed by atoms with van der Waals surface area (Å²) >= 11 is 0. The first kappa shape index (κ1) is 23.1. The molecule has 27 heavy (non-hydrogen) atoms. The van der Waals surface area contributed by atoms with Crippen LogP contribution in [0.25, 0.3) is 0 Å². The van der Waals surface area contributed by atoms with Crippen LogP contribution in [0.4, 0.5) is 11.8 Å². The van der Waals surface area contributed by atoms with Gasteiger partial charge in [-0.1, -0.05) is 44.9 Å². The predicted octanol–water partition coefficient (Wildman–Crippen LogP) is 3.50. The molecule has 1 aromatic rings. The molecule has 1 rings (SSSR count). The highest BCUT2D eigenvalue weighted by atomic mass is 16.5. The van der Waals surface area contributed by atoms with Gasteiger partial charge in [0.25, 0.3) is 0 Å². The number of aryl methyl sites for hydroxylation is 1. The lowest BCUT2D eigenvalue weighted by Gasteiger charge is -2.16. The Bertz CT molecular complexity index is 613. The molecule has 152 valence electrons. The van der Waals surface area contributed by atoms with Crippen molar-refractivity contribution in [2.24, 2.45) is 5.92 Å². The van der Waals surface area contributed by atoms with Crippen molar-refractivity contribution < 1.29 is 4.74 Å². The van der Waals surface area contributed by atoms with Gasteiger partial charge in [0.15, 0.2) is 0 Å². The fraction of sp³-hybridized carbons (Fsp3) is 0.619. The molecule has 0 fully saturated rings. The van der Waals surface area contributed by atoms with E-state index in [2.05, 4.69) is 46.6 Å². The van der Waals surface area contributed by atoms with Crippen LogP contribution in [0.2, 0.25) is 0 Å². The number of hydrogen-bond donors (Lipinski definition) is 3. The minimum Gasteiger partial charge on any atom is -0.381 e. The number of ether oxygens (including phenoxy) is 1. The molecule has 1 heterocycles. The summed E-state index contributed by atoms with van der Waals surface area (Å²) in [6.07, 6.45) is 10.9. The maximum Gasteiger partial charge on any atom is 0.222 e. The van der Waals surface area contributed by atoms with E-state index in [1.807, 2.05) is 20.0 Å². The first-order valence-corrected chi connectivity index (χ1v) is 9.89. The molecule has 0 bridgehead atoms. The number of hydrogen-bond acceptors (Lipinski definition) is 6. The van der Waals surface area contributed by atoms with Crippen molar-refractivity contribution in [3.05, 3.63) is 35.1 Å². The molecule has 1 atom stereocenters. The molecule has 0 spiro atoms. The van der Waals surface area contributed by atoms with E-state index in [4.69, 9.17) is 10.5 Å². The molecule has 4 N–H and O–H groups in total. The van der Waals surface area contributed by atoms with Crippen molar-refractivity contribution in [1.29, 1.82) is 0 Å². The molecular weight excluding hydrogens is 338 g/mol. The van der Waals surface area contributed by atoms with Crippen LogP contribution in [0.15, 0.2) is 23.8 Å². The fourth-order valence-electron chi connectivity index (χ4n) is 3.01. The summed E-state index contributed by atoms with van der Waals surface area (Å²) in [7, 11) is 3.66. The summed E-state index contributed by atoms with van der Waals surface area (Å²) in [5.41, 5.74) is 9.22. The summed E-state index contributed by atoms with van der Waals surface area (Å²) in [6.45, 7) is 8.78. The van der Waals surface area contributed by atoms with E-state index >= 15 is 0 Å². The van der Waals surface area contributed by atoms with Crippen LogP contribution < -0.4 is 16.4 Å². The lowest BCUT2D eigenvalue weighted by atomic mass is 9.97. The largest absolute Gasteiger partial charge is 0.381 e. The molecule has 0 radical (unpaired) electrons. The molecule has 1 unspecified atom stereocenters. The Balaban J connectivity index is 2.91. The predicted molar refractivity (Wildman–Crippen MR) is 115 cm³/mol. The van der Waals surface area contributed by atoms with Crippen molar-refractivity contribution in [2.75, 3.05) is 44.9 Å². The van der Waals surface area contributed by atoms with Crippen molar-refractivity contribution >= 4 is 11.8 Å². The zero-order valence-corrected chi connectivity index (χ0v) is 17.6. The quantitative estimate of drug-likeness (QED) is 0.361. The van der Waals surface area contributed by atoms with Crippen molar-refractivity contribution in [3.8, 4) is 0 Å². The van der Waals surface area contributed by atoms with Gasteiger partial charge in [0.2, 0.25) is 5.95 Å². The Morgan fingerprint density at radius 3 is 2.74 bits per heavy atom. The third kappa shape index (κ3) is 9.02. The van der Waals surface area contributed by atoms with E-state index in [0.717, 1.165) is 43.0 Å². The van der Waals surface area contributed by atoms with E-state index in [0.29, 0.717) is 18.5 Å². The summed E-state index contributed by atoms with van der Waals surface area (Å²) < 4.78 is 5.10. The topological polar surface area (TPSA) is 85.1 Å². The zero-order valence-electron chi connectivity index (χ0n) is 17.6. The van der Waals surface area contributed by atoms with Crippen LogP contribution >= 0.6 is 0 Å². The van der Waals surface area contributed by atoms with Gasteiger partial charge in [-0.05, 0) is 38.3 Å². The van der Waals surface area contributed by atoms with Gasteiger partial charge in [-0.2, -0.15) is 4.98 Å². The van der Waals surface area contributed by atoms with Gasteiger partial charge < -0.3 is 21.1 Å². The Hall–Kier alpha value is -1.92. The molecule has 6 nitrogen and oxygen atoms in total. The summed E-state index contributed by atoms with van der Waals surface area (Å²) in [4.78, 5) is 8.82. The van der Waals surface area contributed by atoms with Gasteiger partial charge >= 0.3 is 0 Å². The number of nitrogens with two attached hydrogens (primary N) is 1. The lowest BCUT2D eigenvalue weighted by Crippen LogP contribution is -2.14. The third-order valence-electron chi connectivity index (χ3n) is 4.30. The Morgan fingerprint density at radius 1 is 1.30 bits per heavy atom. The number of anilines is 2. The number of unbranched alkanes of at least 4 members (excludes halogenated alkanes) is 2. The van der Waals surface area contributed by atoms with E-state index in [-0.39, 0.29) is 0 Å². The van der Waals surface area contributed by atoms with E-state index in [1.165, 1.54) is 18.4 Å². The number of nitrogens with one attached hydrogen (secondary N) is 2. The van der Waals surface area contributed by atoms with E-state index in [1.54, 1.807) is 7.11 Å². The monoisotopic (exact) mass is 375 g/mol. The molecule has 0 aliphatic heterocycles. The average molecular weight is 376 g/mol. The second kappa shape index (κ2) is 13.3. The molecule has 0 saturated heterocycles. The second-order valence-corrected chi connectivity index (χ2v) is 6.94. The van der Waals surface area contributed by atoms with Crippen molar-refractivity contribution in [1.82, 2.24) is 15.3 Å². The molecule has 6 heteroatoms. The minimum absolute atomic E-state index is 0.329. The number of aromatic nitrogens is 2. The molecule has 0 aliphatic carbocycles. The molecule has 0 amide bonds. The summed E-state index contributed by atoms with van der Waals surface area (Å²) in [5, 5.41) is 6.68. The van der Waals surface area contributed by atoms with E-state index in [9.17, 15) is 0 Å². The SMILES string of the molecule is CCCCCNc1nc(N)nc(C)c1CC(C)/C=C(\C=C/COC)CNC. The highest BCUT2D eigenvalue weighted by molar-refractivity contribution is 5.50.